The average Bonchev–Trinajstić information content (AvgIpc) is 3.11. The Morgan fingerprint density at radius 1 is 1.47 bits per heavy atom. The Hall–Kier alpha value is -0.650. The third-order valence-electron chi connectivity index (χ3n) is 3.18. The van der Waals surface area contributed by atoms with E-state index in [1.807, 2.05) is 18.4 Å². The Morgan fingerprint density at radius 2 is 2.21 bits per heavy atom. The average molecular weight is 283 g/mol. The highest BCUT2D eigenvalue weighted by Crippen LogP contribution is 2.36. The molecule has 1 aromatic heterocycles. The molecule has 1 saturated carbocycles. The molecule has 108 valence electrons. The number of aromatic nitrogens is 1. The zero-order valence-electron chi connectivity index (χ0n) is 12.4. The minimum atomic E-state index is 0.605. The lowest BCUT2D eigenvalue weighted by atomic mass is 10.2. The van der Waals surface area contributed by atoms with Gasteiger partial charge in [-0.2, -0.15) is 0 Å². The Morgan fingerprint density at radius 3 is 2.74 bits per heavy atom. The summed E-state index contributed by atoms with van der Waals surface area (Å²) in [5.74, 6) is 0.670. The van der Waals surface area contributed by atoms with Crippen molar-refractivity contribution < 1.29 is 4.74 Å². The molecule has 4 nitrogen and oxygen atoms in total. The van der Waals surface area contributed by atoms with Gasteiger partial charge in [-0.15, -0.1) is 11.3 Å². The van der Waals surface area contributed by atoms with Crippen LogP contribution in [0.1, 0.15) is 37.3 Å². The van der Waals surface area contributed by atoms with E-state index in [1.54, 1.807) is 7.11 Å². The van der Waals surface area contributed by atoms with Gasteiger partial charge in [-0.3, -0.25) is 0 Å². The van der Waals surface area contributed by atoms with Crippen LogP contribution < -0.4 is 10.2 Å². The lowest BCUT2D eigenvalue weighted by Crippen LogP contribution is -2.29. The van der Waals surface area contributed by atoms with Crippen LogP contribution in [-0.2, 0) is 17.9 Å². The van der Waals surface area contributed by atoms with Crippen LogP contribution in [0.2, 0.25) is 0 Å². The lowest BCUT2D eigenvalue weighted by molar-refractivity contribution is 0.181. The fourth-order valence-corrected chi connectivity index (χ4v) is 3.36. The maximum absolute atomic E-state index is 5.26. The monoisotopic (exact) mass is 283 g/mol. The Balaban J connectivity index is 2.18. The number of thiazole rings is 1. The third-order valence-corrected chi connectivity index (χ3v) is 4.32. The van der Waals surface area contributed by atoms with Crippen LogP contribution >= 0.6 is 11.3 Å². The van der Waals surface area contributed by atoms with Crippen molar-refractivity contribution in [3.63, 3.8) is 0 Å². The van der Waals surface area contributed by atoms with Crippen LogP contribution in [0.3, 0.4) is 0 Å². The highest BCUT2D eigenvalue weighted by atomic mass is 32.1. The van der Waals surface area contributed by atoms with Gasteiger partial charge in [0.15, 0.2) is 5.13 Å². The van der Waals surface area contributed by atoms with E-state index in [4.69, 9.17) is 9.72 Å². The van der Waals surface area contributed by atoms with Crippen molar-refractivity contribution in [3.05, 3.63) is 10.6 Å². The number of rotatable bonds is 8. The molecule has 0 aliphatic heterocycles. The van der Waals surface area contributed by atoms with Crippen LogP contribution in [0.5, 0.6) is 0 Å². The lowest BCUT2D eigenvalue weighted by Gasteiger charge is -2.23. The first-order chi connectivity index (χ1) is 9.15. The van der Waals surface area contributed by atoms with Gasteiger partial charge in [0.05, 0.1) is 12.3 Å². The third kappa shape index (κ3) is 3.91. The summed E-state index contributed by atoms with van der Waals surface area (Å²) in [5, 5.41) is 4.39. The van der Waals surface area contributed by atoms with Crippen LogP contribution in [0.25, 0.3) is 0 Å². The maximum atomic E-state index is 5.26. The van der Waals surface area contributed by atoms with Crippen molar-refractivity contribution in [1.82, 2.24) is 10.3 Å². The fourth-order valence-electron chi connectivity index (χ4n) is 2.20. The van der Waals surface area contributed by atoms with Crippen LogP contribution in [0, 0.1) is 5.92 Å². The van der Waals surface area contributed by atoms with Gasteiger partial charge in [0.2, 0.25) is 0 Å². The topological polar surface area (TPSA) is 37.4 Å². The molecular formula is C14H25N3OS. The van der Waals surface area contributed by atoms with Gasteiger partial charge in [0.1, 0.15) is 0 Å². The molecule has 1 aromatic rings. The molecule has 2 rings (SSSR count). The standard InChI is InChI=1S/C14H25N3OS/c1-10(2)8-17(11-5-6-11)14-16-12(9-18-4)13(19-14)7-15-3/h10-11,15H,5-9H2,1-4H3. The molecule has 0 spiro atoms. The molecule has 1 aliphatic carbocycles. The van der Waals surface area contributed by atoms with E-state index in [2.05, 4.69) is 24.1 Å². The van der Waals surface area contributed by atoms with Crippen molar-refractivity contribution >= 4 is 16.5 Å². The van der Waals surface area contributed by atoms with Crippen molar-refractivity contribution in [2.75, 3.05) is 25.6 Å². The van der Waals surface area contributed by atoms with Crippen LogP contribution in [0.4, 0.5) is 5.13 Å². The zero-order chi connectivity index (χ0) is 13.8. The molecule has 5 heteroatoms. The van der Waals surface area contributed by atoms with Crippen molar-refractivity contribution in [1.29, 1.82) is 0 Å². The van der Waals surface area contributed by atoms with E-state index in [0.717, 1.165) is 18.8 Å². The normalized spacial score (nSPS) is 15.2. The van der Waals surface area contributed by atoms with Gasteiger partial charge in [0.25, 0.3) is 0 Å². The number of anilines is 1. The summed E-state index contributed by atoms with van der Waals surface area (Å²) in [7, 11) is 3.71. The second-order valence-corrected chi connectivity index (χ2v) is 6.67. The molecule has 1 fully saturated rings. The summed E-state index contributed by atoms with van der Waals surface area (Å²) in [4.78, 5) is 8.61. The Bertz CT molecular complexity index is 378. The first-order valence-electron chi connectivity index (χ1n) is 7.04. The Kier molecular flexibility index (Phi) is 5.19. The molecular weight excluding hydrogens is 258 g/mol. The predicted octanol–water partition coefficient (Wildman–Crippen LogP) is 2.63. The van der Waals surface area contributed by atoms with Gasteiger partial charge in [0, 0.05) is 31.1 Å². The highest BCUT2D eigenvalue weighted by Gasteiger charge is 2.31. The summed E-state index contributed by atoms with van der Waals surface area (Å²) in [6, 6.07) is 0.714. The molecule has 1 N–H and O–H groups in total. The van der Waals surface area contributed by atoms with Gasteiger partial charge in [-0.25, -0.2) is 4.98 Å². The summed E-state index contributed by atoms with van der Waals surface area (Å²) >= 11 is 1.81. The molecule has 0 saturated heterocycles. The summed E-state index contributed by atoms with van der Waals surface area (Å²) < 4.78 is 5.26. The molecule has 0 atom stereocenters. The number of hydrogen-bond donors (Lipinski definition) is 1. The van der Waals surface area contributed by atoms with E-state index < -0.39 is 0 Å². The largest absolute Gasteiger partial charge is 0.378 e. The van der Waals surface area contributed by atoms with Gasteiger partial charge in [-0.05, 0) is 25.8 Å². The Labute approximate surface area is 120 Å². The SMILES string of the molecule is CNCc1sc(N(CC(C)C)C2CC2)nc1COC. The highest BCUT2D eigenvalue weighted by molar-refractivity contribution is 7.15. The molecule has 0 radical (unpaired) electrons. The van der Waals surface area contributed by atoms with Crippen molar-refractivity contribution in [3.8, 4) is 0 Å². The second kappa shape index (κ2) is 6.68. The smallest absolute Gasteiger partial charge is 0.186 e. The zero-order valence-corrected chi connectivity index (χ0v) is 13.2. The molecule has 19 heavy (non-hydrogen) atoms. The molecule has 0 bridgehead atoms. The maximum Gasteiger partial charge on any atom is 0.186 e. The van der Waals surface area contributed by atoms with Crippen molar-refractivity contribution in [2.24, 2.45) is 5.92 Å². The predicted molar refractivity (Wildman–Crippen MR) is 80.8 cm³/mol. The summed E-state index contributed by atoms with van der Waals surface area (Å²) in [6.07, 6.45) is 2.63. The van der Waals surface area contributed by atoms with Gasteiger partial charge >= 0.3 is 0 Å². The molecule has 0 amide bonds. The molecule has 1 aliphatic rings. The van der Waals surface area contributed by atoms with E-state index in [-0.39, 0.29) is 0 Å². The van der Waals surface area contributed by atoms with E-state index in [0.29, 0.717) is 18.6 Å². The van der Waals surface area contributed by atoms with Crippen LogP contribution in [0.15, 0.2) is 0 Å². The van der Waals surface area contributed by atoms with Gasteiger partial charge < -0.3 is 15.0 Å². The molecule has 0 aromatic carbocycles. The summed E-state index contributed by atoms with van der Waals surface area (Å²) in [5.41, 5.74) is 1.09. The van der Waals surface area contributed by atoms with Crippen molar-refractivity contribution in [2.45, 2.75) is 45.9 Å². The van der Waals surface area contributed by atoms with Gasteiger partial charge in [-0.1, -0.05) is 13.8 Å². The number of hydrogen-bond acceptors (Lipinski definition) is 5. The summed E-state index contributed by atoms with van der Waals surface area (Å²) in [6.45, 7) is 7.12. The first kappa shape index (κ1) is 14.8. The minimum absolute atomic E-state index is 0.605. The minimum Gasteiger partial charge on any atom is -0.378 e. The molecule has 1 heterocycles. The fraction of sp³-hybridized carbons (Fsp3) is 0.786. The number of nitrogens with zero attached hydrogens (tertiary/aromatic N) is 2. The molecule has 0 unspecified atom stereocenters. The van der Waals surface area contributed by atoms with E-state index >= 15 is 0 Å². The number of methoxy groups -OCH3 is 1. The van der Waals surface area contributed by atoms with E-state index in [1.165, 1.54) is 22.9 Å². The second-order valence-electron chi connectivity index (χ2n) is 5.61. The van der Waals surface area contributed by atoms with E-state index in [9.17, 15) is 0 Å². The van der Waals surface area contributed by atoms with Crippen LogP contribution in [-0.4, -0.2) is 31.7 Å². The number of nitrogens with one attached hydrogen (secondary N) is 1. The number of ether oxygens (including phenoxy) is 1. The first-order valence-corrected chi connectivity index (χ1v) is 7.86. The quantitative estimate of drug-likeness (QED) is 0.796.